The molecule has 0 aliphatic rings. The molecule has 4 rings (SSSR count). The molecule has 0 radical (unpaired) electrons. The third kappa shape index (κ3) is 4.26. The maximum Gasteiger partial charge on any atom is 0.270 e. The van der Waals surface area contributed by atoms with Crippen molar-refractivity contribution >= 4 is 77.5 Å². The summed E-state index contributed by atoms with van der Waals surface area (Å²) in [6.45, 7) is 0. The number of rotatable bonds is 6. The van der Waals surface area contributed by atoms with Gasteiger partial charge in [-0.2, -0.15) is 0 Å². The van der Waals surface area contributed by atoms with Crippen molar-refractivity contribution in [2.45, 2.75) is 0 Å². The lowest BCUT2D eigenvalue weighted by Gasteiger charge is -2.13. The number of nitrogens with zero attached hydrogens (tertiary/aromatic N) is 6. The van der Waals surface area contributed by atoms with Gasteiger partial charge >= 0.3 is 0 Å². The van der Waals surface area contributed by atoms with Crippen LogP contribution in [-0.4, -0.2) is 30.1 Å². The number of nitrogens with one attached hydrogen (secondary N) is 2. The summed E-state index contributed by atoms with van der Waals surface area (Å²) in [6, 6.07) is 8.34. The lowest BCUT2D eigenvalue weighted by Crippen LogP contribution is -2.04. The maximum absolute atomic E-state index is 11.0. The van der Waals surface area contributed by atoms with Crippen molar-refractivity contribution in [3.8, 4) is 0 Å². The predicted octanol–water partition coefficient (Wildman–Crippen LogP) is 4.84. The third-order valence-corrected chi connectivity index (χ3v) is 5.26. The van der Waals surface area contributed by atoms with Gasteiger partial charge in [0.2, 0.25) is 11.3 Å². The highest BCUT2D eigenvalue weighted by atomic mass is 79.9. The zero-order valence-corrected chi connectivity index (χ0v) is 18.1. The summed E-state index contributed by atoms with van der Waals surface area (Å²) < 4.78 is 5.50. The highest BCUT2D eigenvalue weighted by molar-refractivity contribution is 9.11. The molecule has 0 atom stereocenters. The molecule has 13 nitrogen and oxygen atoms in total. The van der Waals surface area contributed by atoms with Crippen LogP contribution in [0.4, 0.5) is 34.4 Å². The van der Waals surface area contributed by atoms with Gasteiger partial charge in [0.1, 0.15) is 0 Å². The van der Waals surface area contributed by atoms with Gasteiger partial charge < -0.3 is 10.6 Å². The van der Waals surface area contributed by atoms with E-state index in [1.54, 1.807) is 0 Å². The fraction of sp³-hybridized carbons (Fsp3) is 0. The third-order valence-electron chi connectivity index (χ3n) is 3.95. The molecule has 0 aliphatic heterocycles. The van der Waals surface area contributed by atoms with Gasteiger partial charge in [0.25, 0.3) is 11.4 Å². The van der Waals surface area contributed by atoms with E-state index in [1.165, 1.54) is 36.4 Å². The number of non-ortho nitro benzene ring substituents is 2. The number of halogens is 2. The lowest BCUT2D eigenvalue weighted by molar-refractivity contribution is -0.385. The van der Waals surface area contributed by atoms with Gasteiger partial charge in [-0.05, 0) is 54.3 Å². The first kappa shape index (κ1) is 20.5. The summed E-state index contributed by atoms with van der Waals surface area (Å²) in [7, 11) is 0. The number of nitro benzene ring substituents is 2. The second kappa shape index (κ2) is 8.19. The normalized spacial score (nSPS) is 10.8. The molecule has 15 heteroatoms. The van der Waals surface area contributed by atoms with E-state index >= 15 is 0 Å². The average molecular weight is 552 g/mol. The number of benzene rings is 2. The highest BCUT2D eigenvalue weighted by Gasteiger charge is 2.17. The van der Waals surface area contributed by atoms with E-state index in [0.717, 1.165) is 0 Å². The van der Waals surface area contributed by atoms with Crippen LogP contribution in [0.1, 0.15) is 0 Å². The van der Waals surface area contributed by atoms with E-state index in [-0.39, 0.29) is 34.3 Å². The largest absolute Gasteiger partial charge is 0.336 e. The second-order valence-electron chi connectivity index (χ2n) is 5.92. The first-order valence-electron chi connectivity index (χ1n) is 8.24. The molecule has 2 aromatic carbocycles. The fourth-order valence-electron chi connectivity index (χ4n) is 2.51. The first-order valence-corrected chi connectivity index (χ1v) is 9.82. The number of hydrogen-bond donors (Lipinski definition) is 2. The molecular formula is C16H8Br2N8O5. The smallest absolute Gasteiger partial charge is 0.270 e. The van der Waals surface area contributed by atoms with Crippen molar-refractivity contribution in [2.24, 2.45) is 0 Å². The Bertz CT molecular complexity index is 1250. The highest BCUT2D eigenvalue weighted by Crippen LogP contribution is 2.34. The number of hydrogen-bond acceptors (Lipinski definition) is 11. The Morgan fingerprint density at radius 1 is 0.774 bits per heavy atom. The summed E-state index contributed by atoms with van der Waals surface area (Å²) >= 11 is 6.57. The van der Waals surface area contributed by atoms with Crippen molar-refractivity contribution in [3.63, 3.8) is 0 Å². The number of nitro groups is 2. The van der Waals surface area contributed by atoms with E-state index in [2.05, 4.69) is 67.4 Å². The monoisotopic (exact) mass is 550 g/mol. The summed E-state index contributed by atoms with van der Waals surface area (Å²) in [5.74, 6) is 0.422. The van der Waals surface area contributed by atoms with Crippen molar-refractivity contribution in [3.05, 3.63) is 65.6 Å². The molecule has 0 bridgehead atoms. The Hall–Kier alpha value is -3.72. The van der Waals surface area contributed by atoms with Gasteiger partial charge in [-0.3, -0.25) is 20.2 Å². The maximum atomic E-state index is 11.0. The van der Waals surface area contributed by atoms with Gasteiger partial charge in [0, 0.05) is 33.2 Å². The minimum Gasteiger partial charge on any atom is -0.336 e. The number of fused-ring (bicyclic) bond motifs is 1. The van der Waals surface area contributed by atoms with E-state index in [9.17, 15) is 20.2 Å². The topological polar surface area (TPSA) is 175 Å². The van der Waals surface area contributed by atoms with Crippen LogP contribution in [0.2, 0.25) is 0 Å². The van der Waals surface area contributed by atoms with Crippen LogP contribution < -0.4 is 10.6 Å². The summed E-state index contributed by atoms with van der Waals surface area (Å²) in [4.78, 5) is 29.5. The number of aromatic nitrogens is 4. The van der Waals surface area contributed by atoms with Crippen molar-refractivity contribution in [2.75, 3.05) is 10.6 Å². The van der Waals surface area contributed by atoms with Crippen molar-refractivity contribution in [1.29, 1.82) is 0 Å². The van der Waals surface area contributed by atoms with Gasteiger partial charge in [-0.15, -0.1) is 0 Å². The Balaban J connectivity index is 1.73. The van der Waals surface area contributed by atoms with Crippen LogP contribution >= 0.6 is 31.9 Å². The van der Waals surface area contributed by atoms with E-state index in [4.69, 9.17) is 0 Å². The molecule has 2 aromatic heterocycles. The molecule has 0 saturated heterocycles. The van der Waals surface area contributed by atoms with Crippen LogP contribution in [0, 0.1) is 20.2 Å². The van der Waals surface area contributed by atoms with Crippen LogP contribution in [-0.2, 0) is 0 Å². The van der Waals surface area contributed by atoms with Crippen LogP contribution in [0.3, 0.4) is 0 Å². The van der Waals surface area contributed by atoms with Crippen LogP contribution in [0.15, 0.2) is 50.0 Å². The van der Waals surface area contributed by atoms with Gasteiger partial charge in [-0.25, -0.2) is 14.6 Å². The van der Waals surface area contributed by atoms with Crippen molar-refractivity contribution in [1.82, 2.24) is 20.3 Å². The summed E-state index contributed by atoms with van der Waals surface area (Å²) in [5.41, 5.74) is 1.03. The molecule has 0 fully saturated rings. The molecule has 4 aromatic rings. The Morgan fingerprint density at radius 2 is 1.19 bits per heavy atom. The molecule has 0 amide bonds. The average Bonchev–Trinajstić information content (AvgIpc) is 3.18. The molecule has 0 spiro atoms. The Kier molecular flexibility index (Phi) is 5.43. The Morgan fingerprint density at radius 3 is 1.55 bits per heavy atom. The van der Waals surface area contributed by atoms with Gasteiger partial charge in [0.15, 0.2) is 11.6 Å². The second-order valence-corrected chi connectivity index (χ2v) is 7.63. The minimum atomic E-state index is -0.513. The first-order chi connectivity index (χ1) is 14.8. The van der Waals surface area contributed by atoms with Crippen molar-refractivity contribution < 1.29 is 14.5 Å². The Labute approximate surface area is 188 Å². The SMILES string of the molecule is O=[N+]([O-])c1ccc(Nc2nc3nonc3nc2Nc2ccc([N+](=O)[O-])cc2Br)c(Br)c1. The molecular weight excluding hydrogens is 544 g/mol. The summed E-state index contributed by atoms with van der Waals surface area (Å²) in [5, 5.41) is 35.3. The van der Waals surface area contributed by atoms with Gasteiger partial charge in [-0.1, -0.05) is 0 Å². The van der Waals surface area contributed by atoms with Gasteiger partial charge in [0.05, 0.1) is 21.2 Å². The van der Waals surface area contributed by atoms with E-state index < -0.39 is 9.85 Å². The lowest BCUT2D eigenvalue weighted by atomic mass is 10.2. The molecule has 31 heavy (non-hydrogen) atoms. The van der Waals surface area contributed by atoms with E-state index in [0.29, 0.717) is 20.3 Å². The molecule has 0 unspecified atom stereocenters. The number of anilines is 4. The zero-order chi connectivity index (χ0) is 22.1. The summed E-state index contributed by atoms with van der Waals surface area (Å²) in [6.07, 6.45) is 0. The standard InChI is InChI=1S/C16H8Br2N8O5/c17-9-5-7(25(27)28)1-3-11(9)19-13-14(22-16-15(21-13)23-31-24-16)20-12-4-2-8(26(29)30)6-10(12)18/h1-6H,(H,19,21,23)(H,20,22,24). The van der Waals surface area contributed by atoms with Crippen LogP contribution in [0.25, 0.3) is 11.3 Å². The predicted molar refractivity (Wildman–Crippen MR) is 116 cm³/mol. The zero-order valence-electron chi connectivity index (χ0n) is 14.9. The molecule has 0 aliphatic carbocycles. The quantitative estimate of drug-likeness (QED) is 0.247. The minimum absolute atomic E-state index is 0.0900. The molecule has 156 valence electrons. The molecule has 2 heterocycles. The molecule has 2 N–H and O–H groups in total. The van der Waals surface area contributed by atoms with E-state index in [1.807, 2.05) is 0 Å². The molecule has 0 saturated carbocycles. The van der Waals surface area contributed by atoms with Crippen LogP contribution in [0.5, 0.6) is 0 Å². The fourth-order valence-corrected chi connectivity index (χ4v) is 3.44.